The largest absolute Gasteiger partial charge is 0.354 e. The second-order valence-electron chi connectivity index (χ2n) is 5.24. The fourth-order valence-corrected chi connectivity index (χ4v) is 2.10. The van der Waals surface area contributed by atoms with Crippen molar-refractivity contribution in [1.82, 2.24) is 5.32 Å². The Labute approximate surface area is 97.8 Å². The van der Waals surface area contributed by atoms with Crippen LogP contribution in [0.5, 0.6) is 0 Å². The fourth-order valence-electron chi connectivity index (χ4n) is 2.02. The number of hydrogen-bond acceptors (Lipinski definition) is 1. The SMILES string of the molecule is CC(C)C(Cl)CNC(=O)C1(C)CCCC1. The van der Waals surface area contributed by atoms with Gasteiger partial charge in [0.05, 0.1) is 5.38 Å². The first-order chi connectivity index (χ1) is 6.96. The number of nitrogens with one attached hydrogen (secondary N) is 1. The van der Waals surface area contributed by atoms with Gasteiger partial charge in [0.2, 0.25) is 5.91 Å². The summed E-state index contributed by atoms with van der Waals surface area (Å²) in [6.07, 6.45) is 4.40. The predicted octanol–water partition coefficient (Wildman–Crippen LogP) is 2.95. The third-order valence-electron chi connectivity index (χ3n) is 3.44. The summed E-state index contributed by atoms with van der Waals surface area (Å²) in [5.74, 6) is 0.592. The molecule has 88 valence electrons. The minimum atomic E-state index is -0.131. The van der Waals surface area contributed by atoms with E-state index in [4.69, 9.17) is 11.6 Å². The molecule has 1 atom stereocenters. The summed E-state index contributed by atoms with van der Waals surface area (Å²) in [6, 6.07) is 0. The molecule has 15 heavy (non-hydrogen) atoms. The van der Waals surface area contributed by atoms with E-state index >= 15 is 0 Å². The molecule has 1 aliphatic carbocycles. The van der Waals surface area contributed by atoms with Crippen LogP contribution >= 0.6 is 11.6 Å². The van der Waals surface area contributed by atoms with E-state index in [0.29, 0.717) is 12.5 Å². The number of rotatable bonds is 4. The molecule has 2 nitrogen and oxygen atoms in total. The topological polar surface area (TPSA) is 29.1 Å². The lowest BCUT2D eigenvalue weighted by Gasteiger charge is -2.23. The summed E-state index contributed by atoms with van der Waals surface area (Å²) in [7, 11) is 0. The Kier molecular flexibility index (Phi) is 4.45. The number of amides is 1. The lowest BCUT2D eigenvalue weighted by atomic mass is 9.88. The van der Waals surface area contributed by atoms with E-state index in [1.54, 1.807) is 0 Å². The van der Waals surface area contributed by atoms with E-state index in [2.05, 4.69) is 26.1 Å². The van der Waals surface area contributed by atoms with E-state index in [9.17, 15) is 4.79 Å². The third kappa shape index (κ3) is 3.37. The molecule has 1 aliphatic rings. The maximum atomic E-state index is 11.9. The van der Waals surface area contributed by atoms with Crippen molar-refractivity contribution in [3.63, 3.8) is 0 Å². The highest BCUT2D eigenvalue weighted by atomic mass is 35.5. The molecule has 1 saturated carbocycles. The summed E-state index contributed by atoms with van der Waals surface area (Å²) in [6.45, 7) is 6.80. The van der Waals surface area contributed by atoms with Crippen molar-refractivity contribution in [2.45, 2.75) is 51.8 Å². The molecule has 1 amide bonds. The van der Waals surface area contributed by atoms with Crippen LogP contribution in [-0.2, 0) is 4.79 Å². The van der Waals surface area contributed by atoms with Crippen LogP contribution in [-0.4, -0.2) is 17.8 Å². The van der Waals surface area contributed by atoms with Gasteiger partial charge in [0.15, 0.2) is 0 Å². The molecule has 0 aromatic rings. The Hall–Kier alpha value is -0.240. The zero-order valence-electron chi connectivity index (χ0n) is 9.98. The number of carbonyl (C=O) groups excluding carboxylic acids is 1. The van der Waals surface area contributed by atoms with Crippen molar-refractivity contribution in [3.8, 4) is 0 Å². The Morgan fingerprint density at radius 1 is 1.40 bits per heavy atom. The standard InChI is InChI=1S/C12H22ClNO/c1-9(2)10(13)8-14-11(15)12(3)6-4-5-7-12/h9-10H,4-8H2,1-3H3,(H,14,15). The van der Waals surface area contributed by atoms with Gasteiger partial charge < -0.3 is 5.32 Å². The van der Waals surface area contributed by atoms with Crippen LogP contribution in [0.15, 0.2) is 0 Å². The molecular formula is C12H22ClNO. The number of halogens is 1. The highest BCUT2D eigenvalue weighted by molar-refractivity contribution is 6.21. The molecule has 0 aliphatic heterocycles. The minimum absolute atomic E-state index is 0.0407. The predicted molar refractivity (Wildman–Crippen MR) is 64.1 cm³/mol. The van der Waals surface area contributed by atoms with E-state index in [0.717, 1.165) is 12.8 Å². The van der Waals surface area contributed by atoms with E-state index in [1.165, 1.54) is 12.8 Å². The molecule has 0 saturated heterocycles. The van der Waals surface area contributed by atoms with Gasteiger partial charge in [0, 0.05) is 12.0 Å². The molecule has 1 unspecified atom stereocenters. The number of carbonyl (C=O) groups is 1. The van der Waals surface area contributed by atoms with Gasteiger partial charge in [0.1, 0.15) is 0 Å². The molecule has 1 N–H and O–H groups in total. The zero-order valence-corrected chi connectivity index (χ0v) is 10.7. The zero-order chi connectivity index (χ0) is 11.5. The van der Waals surface area contributed by atoms with Crippen molar-refractivity contribution in [1.29, 1.82) is 0 Å². The average Bonchev–Trinajstić information content (AvgIpc) is 2.62. The molecule has 0 aromatic heterocycles. The van der Waals surface area contributed by atoms with Gasteiger partial charge in [0.25, 0.3) is 0 Å². The van der Waals surface area contributed by atoms with Crippen molar-refractivity contribution in [2.75, 3.05) is 6.54 Å². The highest BCUT2D eigenvalue weighted by Crippen LogP contribution is 2.37. The van der Waals surface area contributed by atoms with Gasteiger partial charge in [-0.15, -0.1) is 11.6 Å². The first-order valence-corrected chi connectivity index (χ1v) is 6.32. The Morgan fingerprint density at radius 2 is 1.93 bits per heavy atom. The summed E-state index contributed by atoms with van der Waals surface area (Å²) in [4.78, 5) is 11.9. The number of hydrogen-bond donors (Lipinski definition) is 1. The second-order valence-corrected chi connectivity index (χ2v) is 5.80. The van der Waals surface area contributed by atoms with Crippen LogP contribution in [0.3, 0.4) is 0 Å². The minimum Gasteiger partial charge on any atom is -0.354 e. The molecule has 1 fully saturated rings. The second kappa shape index (κ2) is 5.20. The molecular weight excluding hydrogens is 210 g/mol. The quantitative estimate of drug-likeness (QED) is 0.741. The lowest BCUT2D eigenvalue weighted by Crippen LogP contribution is -2.40. The molecule has 1 rings (SSSR count). The van der Waals surface area contributed by atoms with Gasteiger partial charge >= 0.3 is 0 Å². The Morgan fingerprint density at radius 3 is 2.40 bits per heavy atom. The van der Waals surface area contributed by atoms with Crippen LogP contribution in [0.1, 0.15) is 46.5 Å². The maximum Gasteiger partial charge on any atom is 0.225 e. The Bertz CT molecular complexity index is 222. The van der Waals surface area contributed by atoms with Crippen LogP contribution in [0.4, 0.5) is 0 Å². The van der Waals surface area contributed by atoms with Gasteiger partial charge in [-0.1, -0.05) is 33.6 Å². The van der Waals surface area contributed by atoms with Gasteiger partial charge in [-0.3, -0.25) is 4.79 Å². The van der Waals surface area contributed by atoms with E-state index < -0.39 is 0 Å². The molecule has 0 spiro atoms. The highest BCUT2D eigenvalue weighted by Gasteiger charge is 2.36. The van der Waals surface area contributed by atoms with Crippen LogP contribution in [0, 0.1) is 11.3 Å². The summed E-state index contributed by atoms with van der Waals surface area (Å²) in [5, 5.41) is 3.02. The summed E-state index contributed by atoms with van der Waals surface area (Å²) < 4.78 is 0. The molecule has 0 heterocycles. The van der Waals surface area contributed by atoms with Crippen LogP contribution in [0.2, 0.25) is 0 Å². The molecule has 3 heteroatoms. The third-order valence-corrected chi connectivity index (χ3v) is 4.09. The van der Waals surface area contributed by atoms with E-state index in [1.807, 2.05) is 0 Å². The Balaban J connectivity index is 2.35. The van der Waals surface area contributed by atoms with Crippen molar-refractivity contribution in [3.05, 3.63) is 0 Å². The first kappa shape index (κ1) is 12.8. The molecule has 0 bridgehead atoms. The average molecular weight is 232 g/mol. The van der Waals surface area contributed by atoms with E-state index in [-0.39, 0.29) is 16.7 Å². The number of alkyl halides is 1. The van der Waals surface area contributed by atoms with Gasteiger partial charge in [-0.25, -0.2) is 0 Å². The molecule has 0 radical (unpaired) electrons. The van der Waals surface area contributed by atoms with Gasteiger partial charge in [-0.2, -0.15) is 0 Å². The lowest BCUT2D eigenvalue weighted by molar-refractivity contribution is -0.129. The summed E-state index contributed by atoms with van der Waals surface area (Å²) in [5.41, 5.74) is -0.131. The fraction of sp³-hybridized carbons (Fsp3) is 0.917. The maximum absolute atomic E-state index is 11.9. The first-order valence-electron chi connectivity index (χ1n) is 5.88. The van der Waals surface area contributed by atoms with Crippen LogP contribution in [0.25, 0.3) is 0 Å². The molecule has 0 aromatic carbocycles. The summed E-state index contributed by atoms with van der Waals surface area (Å²) >= 11 is 6.10. The van der Waals surface area contributed by atoms with Gasteiger partial charge in [-0.05, 0) is 18.8 Å². The van der Waals surface area contributed by atoms with Crippen molar-refractivity contribution >= 4 is 17.5 Å². The monoisotopic (exact) mass is 231 g/mol. The smallest absolute Gasteiger partial charge is 0.225 e. The van der Waals surface area contributed by atoms with Crippen molar-refractivity contribution in [2.24, 2.45) is 11.3 Å². The van der Waals surface area contributed by atoms with Crippen molar-refractivity contribution < 1.29 is 4.79 Å². The van der Waals surface area contributed by atoms with Crippen LogP contribution < -0.4 is 5.32 Å². The normalized spacial score (nSPS) is 21.7.